The summed E-state index contributed by atoms with van der Waals surface area (Å²) in [6.07, 6.45) is 0. The molecule has 0 atom stereocenters. The maximum Gasteiger partial charge on any atom is 0.135 e. The summed E-state index contributed by atoms with van der Waals surface area (Å²) >= 11 is 0. The topological polar surface area (TPSA) is 13.1 Å². The molecule has 0 bridgehead atoms. The summed E-state index contributed by atoms with van der Waals surface area (Å²) in [5.74, 6) is 0. The molecule has 0 amide bonds. The zero-order chi connectivity index (χ0) is 37.7. The van der Waals surface area contributed by atoms with Crippen molar-refractivity contribution in [1.82, 2.24) is 0 Å². The first kappa shape index (κ1) is 30.7. The Balaban J connectivity index is 1.11. The molecule has 0 saturated carbocycles. The van der Waals surface area contributed by atoms with Crippen molar-refractivity contribution in [2.24, 2.45) is 0 Å². The van der Waals surface area contributed by atoms with Crippen LogP contribution in [-0.2, 0) is 5.41 Å². The average Bonchev–Trinajstić information content (AvgIpc) is 3.92. The normalized spacial score (nSPS) is 13.7. The second kappa shape index (κ2) is 10.9. The zero-order valence-corrected chi connectivity index (χ0v) is 31.4. The molecule has 1 heteroatoms. The van der Waals surface area contributed by atoms with Gasteiger partial charge >= 0.3 is 0 Å². The Morgan fingerprint density at radius 1 is 0.310 bits per heavy atom. The van der Waals surface area contributed by atoms with E-state index < -0.39 is 5.41 Å². The van der Waals surface area contributed by atoms with Gasteiger partial charge < -0.3 is 4.42 Å². The van der Waals surface area contributed by atoms with Crippen molar-refractivity contribution in [3.63, 3.8) is 0 Å². The third-order valence-corrected chi connectivity index (χ3v) is 13.6. The number of rotatable bonds is 2. The monoisotopic (exact) mass is 732 g/mol. The highest BCUT2D eigenvalue weighted by Crippen LogP contribution is 2.66. The van der Waals surface area contributed by atoms with Gasteiger partial charge in [0.25, 0.3) is 0 Å². The van der Waals surface area contributed by atoms with Crippen molar-refractivity contribution < 1.29 is 4.42 Å². The first-order valence-electron chi connectivity index (χ1n) is 20.2. The molecule has 0 radical (unpaired) electrons. The van der Waals surface area contributed by atoms with E-state index in [1.54, 1.807) is 0 Å². The third kappa shape index (κ3) is 3.77. The molecule has 14 rings (SSSR count). The maximum absolute atomic E-state index is 6.36. The SMILES string of the molecule is c1ccc2c(c1)-c1ccccc1C21c2cc(-c3cc4ccc5cccc6ccc(c3)c4c56)ccc2-c2c1c(-c1ccc3oc4ccccc4c3c1)cc1ccccc21. The van der Waals surface area contributed by atoms with Crippen molar-refractivity contribution in [3.05, 3.63) is 216 Å². The Morgan fingerprint density at radius 3 is 1.69 bits per heavy atom. The van der Waals surface area contributed by atoms with Crippen LogP contribution in [0.1, 0.15) is 22.3 Å². The fraction of sp³-hybridized carbons (Fsp3) is 0.0175. The quantitative estimate of drug-likeness (QED) is 0.161. The number of hydrogen-bond donors (Lipinski definition) is 0. The van der Waals surface area contributed by atoms with Crippen molar-refractivity contribution in [2.45, 2.75) is 5.41 Å². The van der Waals surface area contributed by atoms with Crippen LogP contribution < -0.4 is 0 Å². The average molecular weight is 733 g/mol. The van der Waals surface area contributed by atoms with Gasteiger partial charge in [-0.25, -0.2) is 0 Å². The minimum absolute atomic E-state index is 0.545. The standard InChI is InChI=1S/C57H32O/c1-2-13-41-36(10-1)30-46(37-25-27-52-47(31-37)44-16-5-8-19-51(44)58-52)56-55(41)45-26-24-35(32-50(45)57(56)48-17-6-3-14-42(48)43-15-4-7-18-49(43)57)40-28-38-22-20-33-11-9-12-34-21-23-39(29-40)54(38)53(33)34/h1-32H. The van der Waals surface area contributed by atoms with Crippen molar-refractivity contribution in [2.75, 3.05) is 0 Å². The molecule has 1 spiro atoms. The molecule has 0 aliphatic heterocycles. The molecule has 2 aliphatic rings. The molecule has 0 N–H and O–H groups in total. The third-order valence-electron chi connectivity index (χ3n) is 13.6. The van der Waals surface area contributed by atoms with Crippen molar-refractivity contribution in [1.29, 1.82) is 0 Å². The Morgan fingerprint density at radius 2 is 0.914 bits per heavy atom. The zero-order valence-electron chi connectivity index (χ0n) is 31.4. The fourth-order valence-corrected chi connectivity index (χ4v) is 11.2. The largest absolute Gasteiger partial charge is 0.456 e. The number of benzene rings is 11. The highest BCUT2D eigenvalue weighted by atomic mass is 16.3. The second-order valence-electron chi connectivity index (χ2n) is 16.3. The number of furan rings is 1. The summed E-state index contributed by atoms with van der Waals surface area (Å²) in [6, 6.07) is 72.9. The number of fused-ring (bicyclic) bond motifs is 15. The molecule has 2 aliphatic carbocycles. The summed E-state index contributed by atoms with van der Waals surface area (Å²) in [4.78, 5) is 0. The summed E-state index contributed by atoms with van der Waals surface area (Å²) in [6.45, 7) is 0. The van der Waals surface area contributed by atoms with Gasteiger partial charge in [-0.2, -0.15) is 0 Å². The Kier molecular flexibility index (Phi) is 5.76. The molecule has 0 unspecified atom stereocenters. The van der Waals surface area contributed by atoms with Gasteiger partial charge in [-0.3, -0.25) is 0 Å². The first-order chi connectivity index (χ1) is 28.7. The molecule has 12 aromatic rings. The van der Waals surface area contributed by atoms with Gasteiger partial charge in [0, 0.05) is 10.8 Å². The van der Waals surface area contributed by atoms with Crippen LogP contribution in [0.5, 0.6) is 0 Å². The van der Waals surface area contributed by atoms with E-state index >= 15 is 0 Å². The van der Waals surface area contributed by atoms with Crippen LogP contribution in [0, 0.1) is 0 Å². The van der Waals surface area contributed by atoms with Crippen molar-refractivity contribution in [3.8, 4) is 44.5 Å². The van der Waals surface area contributed by atoms with E-state index in [9.17, 15) is 0 Å². The van der Waals surface area contributed by atoms with Gasteiger partial charge in [0.1, 0.15) is 11.2 Å². The lowest BCUT2D eigenvalue weighted by molar-refractivity contribution is 0.669. The predicted molar refractivity (Wildman–Crippen MR) is 242 cm³/mol. The van der Waals surface area contributed by atoms with E-state index in [1.165, 1.54) is 110 Å². The maximum atomic E-state index is 6.36. The van der Waals surface area contributed by atoms with Gasteiger partial charge in [0.05, 0.1) is 5.41 Å². The van der Waals surface area contributed by atoms with Gasteiger partial charge in [0.2, 0.25) is 0 Å². The highest BCUT2D eigenvalue weighted by molar-refractivity contribution is 6.24. The summed E-state index contributed by atoms with van der Waals surface area (Å²) in [5.41, 5.74) is 16.8. The molecule has 266 valence electrons. The number of hydrogen-bond acceptors (Lipinski definition) is 1. The van der Waals surface area contributed by atoms with Crippen LogP contribution in [0.25, 0.3) is 110 Å². The molecule has 1 nitrogen and oxygen atoms in total. The molecule has 0 fully saturated rings. The number of para-hydroxylation sites is 1. The lowest BCUT2D eigenvalue weighted by Crippen LogP contribution is -2.26. The molecular weight excluding hydrogens is 701 g/mol. The minimum atomic E-state index is -0.545. The van der Waals surface area contributed by atoms with Crippen LogP contribution in [0.15, 0.2) is 199 Å². The lowest BCUT2D eigenvalue weighted by atomic mass is 9.68. The highest BCUT2D eigenvalue weighted by Gasteiger charge is 2.53. The minimum Gasteiger partial charge on any atom is -0.456 e. The van der Waals surface area contributed by atoms with E-state index in [4.69, 9.17) is 4.42 Å². The predicted octanol–water partition coefficient (Wildman–Crippen LogP) is 15.3. The Bertz CT molecular complexity index is 3640. The summed E-state index contributed by atoms with van der Waals surface area (Å²) in [7, 11) is 0. The van der Waals surface area contributed by atoms with Gasteiger partial charge in [-0.15, -0.1) is 0 Å². The van der Waals surface area contributed by atoms with E-state index in [1.807, 2.05) is 6.07 Å². The molecule has 58 heavy (non-hydrogen) atoms. The lowest BCUT2D eigenvalue weighted by Gasteiger charge is -2.33. The van der Waals surface area contributed by atoms with Crippen LogP contribution in [-0.4, -0.2) is 0 Å². The fourth-order valence-electron chi connectivity index (χ4n) is 11.2. The molecule has 0 saturated heterocycles. The molecular formula is C57H32O. The Hall–Kier alpha value is -7.48. The van der Waals surface area contributed by atoms with Crippen LogP contribution in [0.3, 0.4) is 0 Å². The van der Waals surface area contributed by atoms with Crippen LogP contribution >= 0.6 is 0 Å². The van der Waals surface area contributed by atoms with E-state index in [0.29, 0.717) is 0 Å². The summed E-state index contributed by atoms with van der Waals surface area (Å²) in [5, 5.41) is 12.7. The smallest absolute Gasteiger partial charge is 0.135 e. The Labute approximate surface area is 334 Å². The molecule has 1 aromatic heterocycles. The van der Waals surface area contributed by atoms with Gasteiger partial charge in [-0.05, 0) is 152 Å². The van der Waals surface area contributed by atoms with E-state index in [0.717, 1.165) is 21.9 Å². The summed E-state index contributed by atoms with van der Waals surface area (Å²) < 4.78 is 6.36. The van der Waals surface area contributed by atoms with Crippen molar-refractivity contribution >= 4 is 65.0 Å². The van der Waals surface area contributed by atoms with Crippen LogP contribution in [0.4, 0.5) is 0 Å². The van der Waals surface area contributed by atoms with E-state index in [2.05, 4.69) is 188 Å². The van der Waals surface area contributed by atoms with Gasteiger partial charge in [-0.1, -0.05) is 152 Å². The molecule has 1 heterocycles. The van der Waals surface area contributed by atoms with Gasteiger partial charge in [0.15, 0.2) is 0 Å². The second-order valence-corrected chi connectivity index (χ2v) is 16.3. The van der Waals surface area contributed by atoms with E-state index in [-0.39, 0.29) is 0 Å². The van der Waals surface area contributed by atoms with Crippen LogP contribution in [0.2, 0.25) is 0 Å². The first-order valence-corrected chi connectivity index (χ1v) is 20.2. The molecule has 11 aromatic carbocycles.